The third-order valence-corrected chi connectivity index (χ3v) is 16.4. The van der Waals surface area contributed by atoms with Crippen LogP contribution in [0.4, 0.5) is 34.1 Å². The molecule has 2 aromatic heterocycles. The third kappa shape index (κ3) is 5.82. The van der Waals surface area contributed by atoms with Gasteiger partial charge in [0.15, 0.2) is 11.2 Å². The predicted octanol–water partition coefficient (Wildman–Crippen LogP) is 19.7. The van der Waals surface area contributed by atoms with Gasteiger partial charge in [0.25, 0.3) is 0 Å². The summed E-state index contributed by atoms with van der Waals surface area (Å²) in [6.45, 7) is 4.25. The van der Waals surface area contributed by atoms with E-state index in [0.717, 1.165) is 89.1 Å². The van der Waals surface area contributed by atoms with E-state index in [4.69, 9.17) is 8.83 Å². The van der Waals surface area contributed by atoms with Crippen molar-refractivity contribution in [2.75, 3.05) is 9.80 Å². The number of fused-ring (bicyclic) bond motifs is 19. The van der Waals surface area contributed by atoms with Crippen LogP contribution in [0, 0.1) is 13.8 Å². The SMILES string of the molecule is Cc1cccc2c1oc1c(N(c3ccccc3)c3ccc4cc5c(cc4c3)C3(c4ccccc4-c4ccccc43)c3c-5ccc4cc(N(c5ccccc5)c5cccc6c5oc5c(C)cccc56)ccc34)cccc12. The molecule has 0 saturated carbocycles. The first kappa shape index (κ1) is 41.9. The predicted molar refractivity (Wildman–Crippen MR) is 311 cm³/mol. The van der Waals surface area contributed by atoms with Crippen LogP contribution >= 0.6 is 0 Å². The molecule has 0 unspecified atom stereocenters. The molecule has 0 aliphatic heterocycles. The zero-order valence-electron chi connectivity index (χ0n) is 41.3. The van der Waals surface area contributed by atoms with E-state index in [0.29, 0.717) is 0 Å². The van der Waals surface area contributed by atoms with Crippen molar-refractivity contribution >= 4 is 99.5 Å². The lowest BCUT2D eigenvalue weighted by molar-refractivity contribution is 0.665. The number of hydrogen-bond donors (Lipinski definition) is 0. The fourth-order valence-electron chi connectivity index (χ4n) is 13.2. The van der Waals surface area contributed by atoms with Gasteiger partial charge in [0.05, 0.1) is 16.8 Å². The summed E-state index contributed by atoms with van der Waals surface area (Å²) in [4.78, 5) is 4.72. The maximum atomic E-state index is 6.84. The maximum absolute atomic E-state index is 6.84. The Morgan fingerprint density at radius 1 is 0.293 bits per heavy atom. The Hall–Kier alpha value is -9.64. The Morgan fingerprint density at radius 2 is 0.773 bits per heavy atom. The minimum Gasteiger partial charge on any atom is -0.454 e. The second kappa shape index (κ2) is 15.7. The Morgan fingerprint density at radius 3 is 1.35 bits per heavy atom. The van der Waals surface area contributed by atoms with E-state index in [1.165, 1.54) is 66.1 Å². The van der Waals surface area contributed by atoms with Crippen molar-refractivity contribution in [3.8, 4) is 22.3 Å². The molecule has 0 saturated heterocycles. The molecule has 0 atom stereocenters. The summed E-state index contributed by atoms with van der Waals surface area (Å²) in [6.07, 6.45) is 0. The van der Waals surface area contributed by atoms with E-state index in [1.54, 1.807) is 0 Å². The van der Waals surface area contributed by atoms with Gasteiger partial charge >= 0.3 is 0 Å². The van der Waals surface area contributed by atoms with Gasteiger partial charge in [-0.25, -0.2) is 0 Å². The summed E-state index contributed by atoms with van der Waals surface area (Å²) in [5, 5.41) is 9.24. The monoisotopic (exact) mass is 958 g/mol. The highest BCUT2D eigenvalue weighted by molar-refractivity contribution is 6.14. The van der Waals surface area contributed by atoms with Crippen molar-refractivity contribution in [1.29, 1.82) is 0 Å². The Kier molecular flexibility index (Phi) is 8.77. The third-order valence-electron chi connectivity index (χ3n) is 16.4. The van der Waals surface area contributed by atoms with Crippen molar-refractivity contribution in [3.63, 3.8) is 0 Å². The van der Waals surface area contributed by atoms with Gasteiger partial charge in [-0.1, -0.05) is 170 Å². The lowest BCUT2D eigenvalue weighted by Crippen LogP contribution is -2.26. The standard InChI is InChI=1S/C71H46N2O2/c1-43-17-13-25-56-58-27-15-31-64(69(58)74-67(43)56)72(48-19-5-3-6-20-48)50-35-33-45-41-60-55-37-34-46-39-51(73(49-21-7-4-8-22-49)65-32-16-28-59-57-26-14-18-44(2)68(57)75-70(59)65)36-38-52(46)66(55)71(63(60)42-47(45)40-50)61-29-11-9-23-53(61)54-24-10-12-30-62(54)71/h3-42H,1-2H3. The molecule has 0 bridgehead atoms. The number of hydrogen-bond acceptors (Lipinski definition) is 4. The summed E-state index contributed by atoms with van der Waals surface area (Å²) in [6, 6.07) is 89.2. The Bertz CT molecular complexity index is 4650. The van der Waals surface area contributed by atoms with Gasteiger partial charge in [-0.05, 0) is 164 Å². The smallest absolute Gasteiger partial charge is 0.159 e. The van der Waals surface area contributed by atoms with E-state index in [9.17, 15) is 0 Å². The van der Waals surface area contributed by atoms with Crippen LogP contribution in [0.2, 0.25) is 0 Å². The number of furan rings is 2. The lowest BCUT2D eigenvalue weighted by atomic mass is 9.69. The molecule has 12 aromatic carbocycles. The molecule has 0 radical (unpaired) electrons. The van der Waals surface area contributed by atoms with E-state index in [1.807, 2.05) is 0 Å². The van der Waals surface area contributed by atoms with Crippen molar-refractivity contribution in [2.45, 2.75) is 19.3 Å². The normalized spacial score (nSPS) is 13.0. The molecular formula is C71H46N2O2. The van der Waals surface area contributed by atoms with E-state index in [-0.39, 0.29) is 0 Å². The Balaban J connectivity index is 0.921. The van der Waals surface area contributed by atoms with Crippen LogP contribution in [0.3, 0.4) is 0 Å². The van der Waals surface area contributed by atoms with Gasteiger partial charge < -0.3 is 18.6 Å². The topological polar surface area (TPSA) is 32.8 Å². The summed E-state index contributed by atoms with van der Waals surface area (Å²) < 4.78 is 13.7. The molecular weight excluding hydrogens is 913 g/mol. The highest BCUT2D eigenvalue weighted by Gasteiger charge is 2.52. The number of anilines is 6. The first-order valence-electron chi connectivity index (χ1n) is 25.9. The average molecular weight is 959 g/mol. The minimum absolute atomic E-state index is 0.587. The van der Waals surface area contributed by atoms with E-state index in [2.05, 4.69) is 266 Å². The van der Waals surface area contributed by atoms with Crippen LogP contribution < -0.4 is 9.80 Å². The molecule has 4 nitrogen and oxygen atoms in total. The lowest BCUT2D eigenvalue weighted by Gasteiger charge is -2.32. The van der Waals surface area contributed by atoms with E-state index >= 15 is 0 Å². The van der Waals surface area contributed by atoms with Gasteiger partial charge in [-0.3, -0.25) is 0 Å². The molecule has 75 heavy (non-hydrogen) atoms. The molecule has 352 valence electrons. The van der Waals surface area contributed by atoms with Crippen LogP contribution in [0.25, 0.3) is 87.7 Å². The Labute approximate surface area is 433 Å². The van der Waals surface area contributed by atoms with Crippen LogP contribution in [-0.2, 0) is 5.41 Å². The molecule has 4 heteroatoms. The van der Waals surface area contributed by atoms with Crippen molar-refractivity contribution in [3.05, 3.63) is 276 Å². The molecule has 2 aliphatic carbocycles. The fraction of sp³-hybridized carbons (Fsp3) is 0.0423. The molecule has 1 spiro atoms. The van der Waals surface area contributed by atoms with Gasteiger partial charge in [0, 0.05) is 44.3 Å². The summed E-state index contributed by atoms with van der Waals surface area (Å²) in [5.41, 5.74) is 21.9. The average Bonchev–Trinajstić information content (AvgIpc) is 4.40. The molecule has 16 rings (SSSR count). The number of aryl methyl sites for hydroxylation is 2. The zero-order chi connectivity index (χ0) is 49.5. The molecule has 2 aliphatic rings. The number of nitrogens with zero attached hydrogens (tertiary/aromatic N) is 2. The summed E-state index contributed by atoms with van der Waals surface area (Å²) in [5.74, 6) is 0. The highest BCUT2D eigenvalue weighted by Crippen LogP contribution is 2.65. The highest BCUT2D eigenvalue weighted by atomic mass is 16.3. The molecule has 0 fully saturated rings. The second-order valence-corrected chi connectivity index (χ2v) is 20.4. The van der Waals surface area contributed by atoms with Crippen molar-refractivity contribution < 1.29 is 8.83 Å². The van der Waals surface area contributed by atoms with Gasteiger partial charge in [0.2, 0.25) is 0 Å². The van der Waals surface area contributed by atoms with Crippen LogP contribution in [0.15, 0.2) is 251 Å². The van der Waals surface area contributed by atoms with Crippen LogP contribution in [0.5, 0.6) is 0 Å². The number of benzene rings is 12. The van der Waals surface area contributed by atoms with E-state index < -0.39 is 5.41 Å². The minimum atomic E-state index is -0.587. The van der Waals surface area contributed by atoms with Crippen molar-refractivity contribution in [2.24, 2.45) is 0 Å². The van der Waals surface area contributed by atoms with Gasteiger partial charge in [-0.15, -0.1) is 0 Å². The first-order valence-corrected chi connectivity index (χ1v) is 25.9. The van der Waals surface area contributed by atoms with Crippen molar-refractivity contribution in [1.82, 2.24) is 0 Å². The largest absolute Gasteiger partial charge is 0.454 e. The molecule has 2 heterocycles. The maximum Gasteiger partial charge on any atom is 0.159 e. The van der Waals surface area contributed by atoms with Crippen LogP contribution in [0.1, 0.15) is 33.4 Å². The number of para-hydroxylation sites is 6. The molecule has 14 aromatic rings. The quantitative estimate of drug-likeness (QED) is 0.166. The number of rotatable bonds is 6. The molecule has 0 amide bonds. The first-order chi connectivity index (χ1) is 37.0. The van der Waals surface area contributed by atoms with Crippen LogP contribution in [-0.4, -0.2) is 0 Å². The second-order valence-electron chi connectivity index (χ2n) is 20.4. The van der Waals surface area contributed by atoms with Gasteiger partial charge in [0.1, 0.15) is 11.2 Å². The molecule has 0 N–H and O–H groups in total. The zero-order valence-corrected chi connectivity index (χ0v) is 41.3. The summed E-state index contributed by atoms with van der Waals surface area (Å²) in [7, 11) is 0. The summed E-state index contributed by atoms with van der Waals surface area (Å²) >= 11 is 0. The van der Waals surface area contributed by atoms with Gasteiger partial charge in [-0.2, -0.15) is 0 Å². The fourth-order valence-corrected chi connectivity index (χ4v) is 13.2.